The molecule has 1 aliphatic heterocycles. The minimum atomic E-state index is -0.772. The van der Waals surface area contributed by atoms with Crippen LogP contribution in [0.15, 0.2) is 60.7 Å². The van der Waals surface area contributed by atoms with Crippen molar-refractivity contribution in [1.82, 2.24) is 14.7 Å². The van der Waals surface area contributed by atoms with Crippen molar-refractivity contribution in [2.24, 2.45) is 12.8 Å². The number of rotatable bonds is 8. The van der Waals surface area contributed by atoms with Gasteiger partial charge in [0.25, 0.3) is 5.91 Å². The number of nitrogens with two attached hydrogens (primary N) is 1. The van der Waals surface area contributed by atoms with Gasteiger partial charge >= 0.3 is 0 Å². The average Bonchev–Trinajstić information content (AvgIpc) is 3.26. The monoisotopic (exact) mass is 552 g/mol. The largest absolute Gasteiger partial charge is 0.489 e. The van der Waals surface area contributed by atoms with Gasteiger partial charge < -0.3 is 20.1 Å². The highest BCUT2D eigenvalue weighted by Gasteiger charge is 2.31. The van der Waals surface area contributed by atoms with Crippen LogP contribution in [0.25, 0.3) is 11.3 Å². The number of aromatic nitrogens is 2. The van der Waals surface area contributed by atoms with Crippen molar-refractivity contribution in [3.63, 3.8) is 0 Å². The molecule has 11 heteroatoms. The number of nitrogens with zero attached hydrogens (tertiary/aromatic N) is 3. The SMILES string of the molecule is Cn1nc(C(=O)N(CCOc2ccc(C(N)=O)cc2F)Cc2ccccc2F)c2c1-c1cc(Cl)ccc1OC2. The van der Waals surface area contributed by atoms with Gasteiger partial charge in [-0.1, -0.05) is 29.8 Å². The third-order valence-corrected chi connectivity index (χ3v) is 6.59. The molecule has 1 aliphatic rings. The number of benzene rings is 3. The van der Waals surface area contributed by atoms with Crippen LogP contribution in [0, 0.1) is 11.6 Å². The molecular formula is C28H23ClF2N4O4. The quantitative estimate of drug-likeness (QED) is 0.341. The third-order valence-electron chi connectivity index (χ3n) is 6.36. The van der Waals surface area contributed by atoms with Crippen LogP contribution in [0.1, 0.15) is 32.0 Å². The van der Waals surface area contributed by atoms with Crippen LogP contribution in [0.5, 0.6) is 11.5 Å². The third kappa shape index (κ3) is 5.28. The molecule has 39 heavy (non-hydrogen) atoms. The normalized spacial score (nSPS) is 11.8. The predicted octanol–water partition coefficient (Wildman–Crippen LogP) is 4.73. The van der Waals surface area contributed by atoms with Crippen LogP contribution in [-0.4, -0.2) is 39.6 Å². The van der Waals surface area contributed by atoms with Gasteiger partial charge in [-0.2, -0.15) is 5.10 Å². The minimum Gasteiger partial charge on any atom is -0.489 e. The number of primary amides is 1. The molecule has 2 amide bonds. The summed E-state index contributed by atoms with van der Waals surface area (Å²) >= 11 is 6.20. The molecule has 0 spiro atoms. The van der Waals surface area contributed by atoms with Gasteiger partial charge in [0.2, 0.25) is 5.91 Å². The lowest BCUT2D eigenvalue weighted by Crippen LogP contribution is -2.35. The average molecular weight is 553 g/mol. The summed E-state index contributed by atoms with van der Waals surface area (Å²) in [4.78, 5) is 26.5. The summed E-state index contributed by atoms with van der Waals surface area (Å²) in [5, 5.41) is 4.98. The van der Waals surface area contributed by atoms with E-state index in [4.69, 9.17) is 26.8 Å². The molecule has 1 aromatic heterocycles. The number of hydrogen-bond donors (Lipinski definition) is 1. The van der Waals surface area contributed by atoms with Crippen LogP contribution in [0.2, 0.25) is 5.02 Å². The van der Waals surface area contributed by atoms with E-state index in [1.54, 1.807) is 48.1 Å². The second-order valence-electron chi connectivity index (χ2n) is 8.90. The van der Waals surface area contributed by atoms with Gasteiger partial charge in [-0.15, -0.1) is 0 Å². The van der Waals surface area contributed by atoms with Crippen molar-refractivity contribution in [2.45, 2.75) is 13.2 Å². The van der Waals surface area contributed by atoms with E-state index >= 15 is 0 Å². The first-order valence-corrected chi connectivity index (χ1v) is 12.3. The Balaban J connectivity index is 1.43. The maximum absolute atomic E-state index is 14.5. The minimum absolute atomic E-state index is 0.00112. The maximum Gasteiger partial charge on any atom is 0.275 e. The Bertz CT molecular complexity index is 1590. The van der Waals surface area contributed by atoms with E-state index in [0.717, 1.165) is 6.07 Å². The number of fused-ring (bicyclic) bond motifs is 3. The van der Waals surface area contributed by atoms with Crippen LogP contribution >= 0.6 is 11.6 Å². The van der Waals surface area contributed by atoms with E-state index in [9.17, 15) is 18.4 Å². The highest BCUT2D eigenvalue weighted by molar-refractivity contribution is 6.31. The van der Waals surface area contributed by atoms with E-state index in [0.29, 0.717) is 33.2 Å². The van der Waals surface area contributed by atoms with Crippen molar-refractivity contribution in [3.8, 4) is 22.8 Å². The lowest BCUT2D eigenvalue weighted by molar-refractivity contribution is 0.0703. The summed E-state index contributed by atoms with van der Waals surface area (Å²) in [7, 11) is 1.72. The molecule has 0 saturated heterocycles. The van der Waals surface area contributed by atoms with E-state index in [2.05, 4.69) is 5.10 Å². The zero-order valence-electron chi connectivity index (χ0n) is 20.8. The molecule has 0 saturated carbocycles. The molecule has 2 N–H and O–H groups in total. The fourth-order valence-corrected chi connectivity index (χ4v) is 4.62. The highest BCUT2D eigenvalue weighted by atomic mass is 35.5. The first-order chi connectivity index (χ1) is 18.7. The molecule has 8 nitrogen and oxygen atoms in total. The van der Waals surface area contributed by atoms with Crippen molar-refractivity contribution >= 4 is 23.4 Å². The van der Waals surface area contributed by atoms with Gasteiger partial charge in [0.1, 0.15) is 24.8 Å². The molecule has 0 bridgehead atoms. The molecule has 5 rings (SSSR count). The van der Waals surface area contributed by atoms with Crippen molar-refractivity contribution in [3.05, 3.63) is 99.7 Å². The Morgan fingerprint density at radius 3 is 2.67 bits per heavy atom. The Labute approximate surface area is 227 Å². The molecule has 0 radical (unpaired) electrons. The van der Waals surface area contributed by atoms with Crippen LogP contribution in [0.3, 0.4) is 0 Å². The topological polar surface area (TPSA) is 99.7 Å². The molecule has 200 valence electrons. The fourth-order valence-electron chi connectivity index (χ4n) is 4.45. The molecule has 3 aromatic carbocycles. The molecule has 2 heterocycles. The van der Waals surface area contributed by atoms with Crippen molar-refractivity contribution in [1.29, 1.82) is 0 Å². The summed E-state index contributed by atoms with van der Waals surface area (Å²) in [6, 6.07) is 14.9. The van der Waals surface area contributed by atoms with Crippen LogP contribution in [0.4, 0.5) is 8.78 Å². The molecule has 0 atom stereocenters. The Morgan fingerprint density at radius 2 is 1.92 bits per heavy atom. The van der Waals surface area contributed by atoms with E-state index in [1.807, 2.05) is 0 Å². The van der Waals surface area contributed by atoms with Gasteiger partial charge in [0, 0.05) is 40.9 Å². The molecule has 0 aliphatic carbocycles. The zero-order valence-corrected chi connectivity index (χ0v) is 21.5. The first-order valence-electron chi connectivity index (χ1n) is 12.0. The van der Waals surface area contributed by atoms with Gasteiger partial charge in [0.15, 0.2) is 17.3 Å². The van der Waals surface area contributed by atoms with Gasteiger partial charge in [-0.3, -0.25) is 14.3 Å². The zero-order chi connectivity index (χ0) is 27.7. The van der Waals surface area contributed by atoms with E-state index in [1.165, 1.54) is 23.1 Å². The Hall–Kier alpha value is -4.44. The van der Waals surface area contributed by atoms with Gasteiger partial charge in [0.05, 0.1) is 12.2 Å². The van der Waals surface area contributed by atoms with Gasteiger partial charge in [-0.25, -0.2) is 8.78 Å². The number of hydrogen-bond acceptors (Lipinski definition) is 5. The summed E-state index contributed by atoms with van der Waals surface area (Å²) in [5.41, 5.74) is 7.60. The Morgan fingerprint density at radius 1 is 1.13 bits per heavy atom. The van der Waals surface area contributed by atoms with E-state index in [-0.39, 0.29) is 43.3 Å². The number of halogens is 3. The van der Waals surface area contributed by atoms with Gasteiger partial charge in [-0.05, 0) is 42.5 Å². The second kappa shape index (κ2) is 10.7. The lowest BCUT2D eigenvalue weighted by Gasteiger charge is -2.24. The number of aryl methyl sites for hydroxylation is 1. The van der Waals surface area contributed by atoms with Crippen molar-refractivity contribution in [2.75, 3.05) is 13.2 Å². The molecule has 0 unspecified atom stereocenters. The van der Waals surface area contributed by atoms with Crippen LogP contribution in [-0.2, 0) is 20.2 Å². The van der Waals surface area contributed by atoms with Crippen molar-refractivity contribution < 1.29 is 27.8 Å². The number of carbonyl (C=O) groups is 2. The molecule has 0 fully saturated rings. The fraction of sp³-hybridized carbons (Fsp3) is 0.179. The molecule has 4 aromatic rings. The predicted molar refractivity (Wildman–Crippen MR) is 140 cm³/mol. The summed E-state index contributed by atoms with van der Waals surface area (Å²) in [6.07, 6.45) is 0. The van der Waals surface area contributed by atoms with E-state index < -0.39 is 23.4 Å². The summed E-state index contributed by atoms with van der Waals surface area (Å²) in [6.45, 7) is -0.0945. The number of ether oxygens (including phenoxy) is 2. The first kappa shape index (κ1) is 26.2. The number of amides is 2. The second-order valence-corrected chi connectivity index (χ2v) is 9.34. The summed E-state index contributed by atoms with van der Waals surface area (Å²) < 4.78 is 41.9. The standard InChI is InChI=1S/C28H23ClF2N4O4/c1-34-26-19-13-18(29)7-9-23(19)39-15-20(26)25(33-34)28(37)35(14-17-4-2-3-5-21(17)30)10-11-38-24-8-6-16(27(32)36)12-22(24)31/h2-9,12-13H,10-11,14-15H2,1H3,(H2,32,36). The van der Waals surface area contributed by atoms with Crippen LogP contribution < -0.4 is 15.2 Å². The summed E-state index contributed by atoms with van der Waals surface area (Å²) in [5.74, 6) is -1.98. The maximum atomic E-state index is 14.5. The Kier molecular flexibility index (Phi) is 7.21. The smallest absolute Gasteiger partial charge is 0.275 e. The lowest BCUT2D eigenvalue weighted by atomic mass is 10.0. The molecular weight excluding hydrogens is 530 g/mol. The highest BCUT2D eigenvalue weighted by Crippen LogP contribution is 2.40. The number of carbonyl (C=O) groups excluding carboxylic acids is 2.